The highest BCUT2D eigenvalue weighted by Gasteiger charge is 2.06. The average Bonchev–Trinajstić information content (AvgIpc) is 3.02. The first-order valence-electron chi connectivity index (χ1n) is 7.79. The Morgan fingerprint density at radius 1 is 0.960 bits per heavy atom. The van der Waals surface area contributed by atoms with Gasteiger partial charge in [-0.25, -0.2) is 13.6 Å². The van der Waals surface area contributed by atoms with E-state index in [2.05, 4.69) is 10.6 Å². The number of carbonyl (C=O) groups excluding carboxylic acids is 1. The fourth-order valence-electron chi connectivity index (χ4n) is 2.48. The molecule has 0 bridgehead atoms. The zero-order valence-electron chi connectivity index (χ0n) is 13.4. The highest BCUT2D eigenvalue weighted by molar-refractivity contribution is 5.89. The standard InChI is InChI=1S/C19H17F2N3O/c20-15-6-8-17(9-7-15)23-19(25)22-12-18-5-2-10-24(18)13-14-3-1-4-16(21)11-14/h1-11H,12-13H2,(H2,22,23,25). The maximum atomic E-state index is 13.3. The zero-order valence-corrected chi connectivity index (χ0v) is 13.4. The highest BCUT2D eigenvalue weighted by Crippen LogP contribution is 2.10. The van der Waals surface area contributed by atoms with Crippen LogP contribution in [0.15, 0.2) is 66.9 Å². The number of urea groups is 1. The summed E-state index contributed by atoms with van der Waals surface area (Å²) in [6.07, 6.45) is 1.87. The maximum Gasteiger partial charge on any atom is 0.319 e. The van der Waals surface area contributed by atoms with Gasteiger partial charge in [0.2, 0.25) is 0 Å². The van der Waals surface area contributed by atoms with Crippen molar-refractivity contribution in [2.24, 2.45) is 0 Å². The van der Waals surface area contributed by atoms with Crippen LogP contribution in [0.25, 0.3) is 0 Å². The van der Waals surface area contributed by atoms with Crippen molar-refractivity contribution in [3.8, 4) is 0 Å². The molecule has 0 saturated heterocycles. The topological polar surface area (TPSA) is 46.1 Å². The van der Waals surface area contributed by atoms with Crippen LogP contribution in [0, 0.1) is 11.6 Å². The van der Waals surface area contributed by atoms with E-state index in [-0.39, 0.29) is 17.7 Å². The lowest BCUT2D eigenvalue weighted by molar-refractivity contribution is 0.251. The summed E-state index contributed by atoms with van der Waals surface area (Å²) >= 11 is 0. The minimum absolute atomic E-state index is 0.275. The van der Waals surface area contributed by atoms with Crippen LogP contribution < -0.4 is 10.6 Å². The fourth-order valence-corrected chi connectivity index (χ4v) is 2.48. The molecule has 0 aliphatic carbocycles. The first kappa shape index (κ1) is 16.7. The minimum Gasteiger partial charge on any atom is -0.345 e. The van der Waals surface area contributed by atoms with Gasteiger partial charge in [-0.1, -0.05) is 12.1 Å². The van der Waals surface area contributed by atoms with Gasteiger partial charge in [-0.15, -0.1) is 0 Å². The first-order valence-corrected chi connectivity index (χ1v) is 7.79. The summed E-state index contributed by atoms with van der Waals surface area (Å²) in [5, 5.41) is 5.38. The third-order valence-electron chi connectivity index (χ3n) is 3.70. The van der Waals surface area contributed by atoms with Crippen LogP contribution in [0.4, 0.5) is 19.3 Å². The van der Waals surface area contributed by atoms with Gasteiger partial charge in [0.25, 0.3) is 0 Å². The second-order valence-electron chi connectivity index (χ2n) is 5.57. The van der Waals surface area contributed by atoms with Crippen molar-refractivity contribution in [1.82, 2.24) is 9.88 Å². The molecule has 4 nitrogen and oxygen atoms in total. The van der Waals surface area contributed by atoms with Crippen LogP contribution in [0.5, 0.6) is 0 Å². The summed E-state index contributed by atoms with van der Waals surface area (Å²) in [7, 11) is 0. The molecule has 2 amide bonds. The Hall–Kier alpha value is -3.15. The Kier molecular flexibility index (Phi) is 5.09. The molecule has 25 heavy (non-hydrogen) atoms. The molecule has 2 aromatic carbocycles. The van der Waals surface area contributed by atoms with Gasteiger partial charge in [-0.2, -0.15) is 0 Å². The second kappa shape index (κ2) is 7.61. The number of carbonyl (C=O) groups is 1. The molecular weight excluding hydrogens is 324 g/mol. The number of hydrogen-bond acceptors (Lipinski definition) is 1. The third kappa shape index (κ3) is 4.67. The van der Waals surface area contributed by atoms with Gasteiger partial charge in [0.1, 0.15) is 11.6 Å². The second-order valence-corrected chi connectivity index (χ2v) is 5.57. The van der Waals surface area contributed by atoms with Crippen LogP contribution in [0.1, 0.15) is 11.3 Å². The lowest BCUT2D eigenvalue weighted by Gasteiger charge is -2.11. The van der Waals surface area contributed by atoms with Crippen molar-refractivity contribution in [1.29, 1.82) is 0 Å². The van der Waals surface area contributed by atoms with Crippen LogP contribution in [-0.4, -0.2) is 10.6 Å². The van der Waals surface area contributed by atoms with E-state index >= 15 is 0 Å². The number of benzene rings is 2. The van der Waals surface area contributed by atoms with Gasteiger partial charge >= 0.3 is 6.03 Å². The number of amides is 2. The quantitative estimate of drug-likeness (QED) is 0.720. The molecule has 6 heteroatoms. The Bertz CT molecular complexity index is 859. The van der Waals surface area contributed by atoms with Crippen LogP contribution in [-0.2, 0) is 13.1 Å². The molecular formula is C19H17F2N3O. The molecule has 1 heterocycles. The van der Waals surface area contributed by atoms with E-state index in [4.69, 9.17) is 0 Å². The number of halogens is 2. The van der Waals surface area contributed by atoms with Crippen molar-refractivity contribution in [2.45, 2.75) is 13.1 Å². The van der Waals surface area contributed by atoms with Gasteiger partial charge < -0.3 is 15.2 Å². The number of nitrogens with one attached hydrogen (secondary N) is 2. The van der Waals surface area contributed by atoms with E-state index in [1.165, 1.54) is 36.4 Å². The minimum atomic E-state index is -0.384. The van der Waals surface area contributed by atoms with E-state index in [0.29, 0.717) is 18.8 Å². The first-order chi connectivity index (χ1) is 12.1. The maximum absolute atomic E-state index is 13.3. The van der Waals surface area contributed by atoms with Gasteiger partial charge in [-0.3, -0.25) is 0 Å². The SMILES string of the molecule is O=C(NCc1cccn1Cc1cccc(F)c1)Nc1ccc(F)cc1. The Morgan fingerprint density at radius 3 is 2.52 bits per heavy atom. The van der Waals surface area contributed by atoms with E-state index < -0.39 is 0 Å². The molecule has 128 valence electrons. The van der Waals surface area contributed by atoms with Crippen LogP contribution in [0.2, 0.25) is 0 Å². The lowest BCUT2D eigenvalue weighted by Crippen LogP contribution is -2.29. The van der Waals surface area contributed by atoms with Crippen molar-refractivity contribution >= 4 is 11.7 Å². The monoisotopic (exact) mass is 341 g/mol. The summed E-state index contributed by atoms with van der Waals surface area (Å²) in [6.45, 7) is 0.830. The number of aromatic nitrogens is 1. The number of hydrogen-bond donors (Lipinski definition) is 2. The van der Waals surface area contributed by atoms with E-state index in [0.717, 1.165) is 11.3 Å². The van der Waals surface area contributed by atoms with Crippen LogP contribution >= 0.6 is 0 Å². The molecule has 0 aliphatic rings. The normalized spacial score (nSPS) is 10.5. The van der Waals surface area contributed by atoms with Gasteiger partial charge in [0.05, 0.1) is 6.54 Å². The highest BCUT2D eigenvalue weighted by atomic mass is 19.1. The molecule has 0 aliphatic heterocycles. The van der Waals surface area contributed by atoms with Crippen molar-refractivity contribution in [3.63, 3.8) is 0 Å². The Labute approximate surface area is 144 Å². The largest absolute Gasteiger partial charge is 0.345 e. The molecule has 2 N–H and O–H groups in total. The van der Waals surface area contributed by atoms with Crippen molar-refractivity contribution in [3.05, 3.63) is 89.8 Å². The average molecular weight is 341 g/mol. The van der Waals surface area contributed by atoms with Crippen molar-refractivity contribution in [2.75, 3.05) is 5.32 Å². The summed E-state index contributed by atoms with van der Waals surface area (Å²) in [5.41, 5.74) is 2.24. The number of anilines is 1. The Morgan fingerprint density at radius 2 is 1.76 bits per heavy atom. The van der Waals surface area contributed by atoms with E-state index in [1.54, 1.807) is 6.07 Å². The molecule has 0 atom stereocenters. The van der Waals surface area contributed by atoms with E-state index in [1.807, 2.05) is 29.0 Å². The molecule has 0 unspecified atom stereocenters. The molecule has 0 fully saturated rings. The van der Waals surface area contributed by atoms with Gasteiger partial charge in [-0.05, 0) is 54.1 Å². The summed E-state index contributed by atoms with van der Waals surface area (Å²) < 4.78 is 28.1. The van der Waals surface area contributed by atoms with E-state index in [9.17, 15) is 13.6 Å². The molecule has 3 aromatic rings. The molecule has 3 rings (SSSR count). The molecule has 0 spiro atoms. The van der Waals surface area contributed by atoms with Gasteiger partial charge in [0, 0.05) is 24.1 Å². The third-order valence-corrected chi connectivity index (χ3v) is 3.70. The molecule has 1 aromatic heterocycles. The summed E-state index contributed by atoms with van der Waals surface area (Å²) in [5.74, 6) is -0.635. The van der Waals surface area contributed by atoms with Gasteiger partial charge in [0.15, 0.2) is 0 Å². The van der Waals surface area contributed by atoms with Crippen LogP contribution in [0.3, 0.4) is 0 Å². The van der Waals surface area contributed by atoms with Crippen molar-refractivity contribution < 1.29 is 13.6 Å². The lowest BCUT2D eigenvalue weighted by atomic mass is 10.2. The summed E-state index contributed by atoms with van der Waals surface area (Å²) in [6, 6.07) is 15.3. The number of nitrogens with zero attached hydrogens (tertiary/aromatic N) is 1. The zero-order chi connectivity index (χ0) is 17.6. The Balaban J connectivity index is 1.57. The smallest absolute Gasteiger partial charge is 0.319 e. The fraction of sp³-hybridized carbons (Fsp3) is 0.105. The molecule has 0 radical (unpaired) electrons. The predicted molar refractivity (Wildman–Crippen MR) is 92.2 cm³/mol. The summed E-state index contributed by atoms with van der Waals surface area (Å²) in [4.78, 5) is 11.9. The number of rotatable bonds is 5. The molecule has 0 saturated carbocycles. The predicted octanol–water partition coefficient (Wildman–Crippen LogP) is 4.14.